The Morgan fingerprint density at radius 2 is 0.894 bits per heavy atom. The third-order valence-electron chi connectivity index (χ3n) is 13.9. The SMILES string of the molecule is Cc1ccc(N(c2ccc(C)cc2)c2cccc(-c3ccc4c(c3)c3cc(-c5cccc(N6c7ccccc7C(C)(C)c7ccccc76)c5)ccc3n4-c3ccc([Si-](C)(C)C)cc3)c2)cc1. The van der Waals surface area contributed by atoms with Gasteiger partial charge in [0.05, 0.1) is 22.4 Å². The lowest BCUT2D eigenvalue weighted by molar-refractivity contribution is 0.632. The van der Waals surface area contributed by atoms with E-state index in [0.29, 0.717) is 0 Å². The van der Waals surface area contributed by atoms with E-state index in [9.17, 15) is 0 Å². The lowest BCUT2D eigenvalue weighted by Gasteiger charge is -2.42. The van der Waals surface area contributed by atoms with E-state index in [1.54, 1.807) is 0 Å². The Labute approximate surface area is 390 Å². The zero-order valence-electron chi connectivity index (χ0n) is 39.0. The van der Waals surface area contributed by atoms with E-state index in [1.807, 2.05) is 0 Å². The topological polar surface area (TPSA) is 11.4 Å². The van der Waals surface area contributed by atoms with E-state index in [-0.39, 0.29) is 5.41 Å². The fraction of sp³-hybridized carbons (Fsp3) is 0.129. The van der Waals surface area contributed by atoms with Crippen molar-refractivity contribution in [3.8, 4) is 27.9 Å². The molecule has 1 aliphatic heterocycles. The number of hydrogen-bond donors (Lipinski definition) is 0. The molecule has 0 atom stereocenters. The Morgan fingerprint density at radius 1 is 0.409 bits per heavy atom. The van der Waals surface area contributed by atoms with Crippen molar-refractivity contribution >= 4 is 69.2 Å². The number of fused-ring (bicyclic) bond motifs is 5. The third-order valence-corrected chi connectivity index (χ3v) is 15.9. The molecule has 0 fully saturated rings. The Morgan fingerprint density at radius 3 is 1.42 bits per heavy atom. The van der Waals surface area contributed by atoms with Gasteiger partial charge >= 0.3 is 0 Å². The fourth-order valence-electron chi connectivity index (χ4n) is 10.2. The highest BCUT2D eigenvalue weighted by Crippen LogP contribution is 2.52. The molecular formula is C62H55N3Si-. The van der Waals surface area contributed by atoms with Crippen molar-refractivity contribution in [2.45, 2.75) is 52.8 Å². The number of hydrogen-bond acceptors (Lipinski definition) is 2. The lowest BCUT2D eigenvalue weighted by atomic mass is 9.73. The molecule has 2 heterocycles. The molecule has 323 valence electrons. The molecule has 0 amide bonds. The van der Waals surface area contributed by atoms with Gasteiger partial charge in [0.15, 0.2) is 0 Å². The summed E-state index contributed by atoms with van der Waals surface area (Å²) in [6, 6.07) is 77.0. The summed E-state index contributed by atoms with van der Waals surface area (Å²) in [5.74, 6) is 0. The molecule has 11 rings (SSSR count). The molecule has 1 aliphatic rings. The molecule has 0 spiro atoms. The normalized spacial score (nSPS) is 13.2. The van der Waals surface area contributed by atoms with Crippen molar-refractivity contribution in [1.82, 2.24) is 4.57 Å². The summed E-state index contributed by atoms with van der Waals surface area (Å²) in [6.07, 6.45) is 0. The summed E-state index contributed by atoms with van der Waals surface area (Å²) >= 11 is 0. The fourth-order valence-corrected chi connectivity index (χ4v) is 11.4. The first-order chi connectivity index (χ1) is 31.9. The number of aryl methyl sites for hydroxylation is 2. The number of benzene rings is 9. The predicted molar refractivity (Wildman–Crippen MR) is 286 cm³/mol. The van der Waals surface area contributed by atoms with Gasteiger partial charge in [0.1, 0.15) is 0 Å². The summed E-state index contributed by atoms with van der Waals surface area (Å²) < 4.78 is 2.46. The van der Waals surface area contributed by atoms with Crippen LogP contribution in [0.1, 0.15) is 36.1 Å². The molecule has 3 nitrogen and oxygen atoms in total. The van der Waals surface area contributed by atoms with Crippen LogP contribution in [0.5, 0.6) is 0 Å². The van der Waals surface area contributed by atoms with Crippen molar-refractivity contribution in [3.05, 3.63) is 229 Å². The van der Waals surface area contributed by atoms with E-state index in [0.717, 1.165) is 22.7 Å². The molecule has 9 aromatic carbocycles. The summed E-state index contributed by atoms with van der Waals surface area (Å²) in [7, 11) is -1.48. The highest BCUT2D eigenvalue weighted by Gasteiger charge is 2.36. The predicted octanol–water partition coefficient (Wildman–Crippen LogP) is 16.9. The summed E-state index contributed by atoms with van der Waals surface area (Å²) in [6.45, 7) is 16.2. The number of nitrogens with zero attached hydrogens (tertiary/aromatic N) is 3. The third kappa shape index (κ3) is 7.13. The average molecular weight is 870 g/mol. The zero-order chi connectivity index (χ0) is 45.3. The van der Waals surface area contributed by atoms with Gasteiger partial charge in [-0.05, 0) is 144 Å². The maximum absolute atomic E-state index is 2.46. The molecule has 4 heteroatoms. The van der Waals surface area contributed by atoms with Crippen molar-refractivity contribution in [2.24, 2.45) is 0 Å². The van der Waals surface area contributed by atoms with Crippen LogP contribution >= 0.6 is 0 Å². The smallest absolute Gasteiger partial charge is 0.0541 e. The van der Waals surface area contributed by atoms with Crippen LogP contribution in [0.4, 0.5) is 34.1 Å². The number of aromatic nitrogens is 1. The largest absolute Gasteiger partial charge is 0.310 e. The van der Waals surface area contributed by atoms with Crippen molar-refractivity contribution < 1.29 is 0 Å². The van der Waals surface area contributed by atoms with E-state index < -0.39 is 8.07 Å². The maximum atomic E-state index is 2.46. The molecule has 0 radical (unpaired) electrons. The first-order valence-electron chi connectivity index (χ1n) is 23.3. The minimum absolute atomic E-state index is 0.114. The number of rotatable bonds is 8. The maximum Gasteiger partial charge on any atom is 0.0541 e. The van der Waals surface area contributed by atoms with Gasteiger partial charge in [0.25, 0.3) is 0 Å². The number of para-hydroxylation sites is 2. The van der Waals surface area contributed by atoms with E-state index >= 15 is 0 Å². The summed E-state index contributed by atoms with van der Waals surface area (Å²) in [5.41, 5.74) is 20.4. The molecular weight excluding hydrogens is 815 g/mol. The first kappa shape index (κ1) is 41.3. The second-order valence-electron chi connectivity index (χ2n) is 19.7. The molecule has 0 bridgehead atoms. The Kier molecular flexibility index (Phi) is 9.97. The Bertz CT molecular complexity index is 3350. The van der Waals surface area contributed by atoms with Crippen LogP contribution in [0.15, 0.2) is 206 Å². The van der Waals surface area contributed by atoms with Gasteiger partial charge in [0.2, 0.25) is 0 Å². The monoisotopic (exact) mass is 869 g/mol. The minimum Gasteiger partial charge on any atom is -0.310 e. The van der Waals surface area contributed by atoms with Gasteiger partial charge in [-0.2, -0.15) is 24.8 Å². The van der Waals surface area contributed by atoms with Gasteiger partial charge in [-0.3, -0.25) is 0 Å². The van der Waals surface area contributed by atoms with Crippen molar-refractivity contribution in [1.29, 1.82) is 0 Å². The van der Waals surface area contributed by atoms with Gasteiger partial charge in [-0.15, -0.1) is 8.07 Å². The van der Waals surface area contributed by atoms with Crippen molar-refractivity contribution in [2.75, 3.05) is 9.80 Å². The van der Waals surface area contributed by atoms with E-state index in [2.05, 4.69) is 268 Å². The molecule has 0 unspecified atom stereocenters. The van der Waals surface area contributed by atoms with Gasteiger partial charge < -0.3 is 14.4 Å². The highest BCUT2D eigenvalue weighted by atomic mass is 28.3. The highest BCUT2D eigenvalue weighted by molar-refractivity contribution is 6.88. The molecule has 10 aromatic rings. The van der Waals surface area contributed by atoms with Crippen LogP contribution in [0, 0.1) is 13.8 Å². The Hall–Kier alpha value is -7.40. The van der Waals surface area contributed by atoms with Crippen LogP contribution in [0.25, 0.3) is 49.7 Å². The summed E-state index contributed by atoms with van der Waals surface area (Å²) in [5, 5.41) is 3.93. The molecule has 0 aliphatic carbocycles. The summed E-state index contributed by atoms with van der Waals surface area (Å²) in [4.78, 5) is 4.81. The molecule has 1 aromatic heterocycles. The standard InChI is InChI=1S/C62H55N3Si/c1-42-22-28-48(29-23-42)63(49-30-24-43(2)25-31-49)51-16-12-14-44(38-51)46-26-36-58-54(40-46)55-41-47(27-37-59(55)64(58)50-32-34-53(35-33-50)66(5,6)7)45-15-13-17-52(39-45)65-60-20-10-8-18-56(60)62(3,4)57-19-9-11-21-61(57)65/h8-41H,1-7H3/q-1. The second-order valence-corrected chi connectivity index (χ2v) is 24.8. The van der Waals surface area contributed by atoms with Crippen LogP contribution in [-0.2, 0) is 5.41 Å². The second kappa shape index (κ2) is 15.9. The minimum atomic E-state index is -1.48. The van der Waals surface area contributed by atoms with Crippen LogP contribution in [0.2, 0.25) is 19.6 Å². The molecule has 0 saturated heterocycles. The Balaban J connectivity index is 1.06. The van der Waals surface area contributed by atoms with Gasteiger partial charge in [-0.1, -0.05) is 134 Å². The van der Waals surface area contributed by atoms with E-state index in [1.165, 1.54) is 88.6 Å². The molecule has 0 saturated carbocycles. The number of anilines is 6. The zero-order valence-corrected chi connectivity index (χ0v) is 40.0. The quantitative estimate of drug-likeness (QED) is 0.141. The average Bonchev–Trinajstić information content (AvgIpc) is 3.66. The van der Waals surface area contributed by atoms with Crippen LogP contribution in [-0.4, -0.2) is 12.6 Å². The first-order valence-corrected chi connectivity index (χ1v) is 26.8. The molecule has 66 heavy (non-hydrogen) atoms. The van der Waals surface area contributed by atoms with Crippen molar-refractivity contribution in [3.63, 3.8) is 0 Å². The lowest BCUT2D eigenvalue weighted by Crippen LogP contribution is -2.37. The molecule has 0 N–H and O–H groups in total. The van der Waals surface area contributed by atoms with Gasteiger partial charge in [0, 0.05) is 44.6 Å². The van der Waals surface area contributed by atoms with Crippen LogP contribution < -0.4 is 15.0 Å². The van der Waals surface area contributed by atoms with Crippen LogP contribution in [0.3, 0.4) is 0 Å². The van der Waals surface area contributed by atoms with E-state index in [4.69, 9.17) is 0 Å². The van der Waals surface area contributed by atoms with Gasteiger partial charge in [-0.25, -0.2) is 0 Å².